The molecule has 54 valence electrons. The van der Waals surface area contributed by atoms with Crippen molar-refractivity contribution in [3.63, 3.8) is 0 Å². The summed E-state index contributed by atoms with van der Waals surface area (Å²) in [7, 11) is 0. The van der Waals surface area contributed by atoms with Crippen LogP contribution >= 0.6 is 0 Å². The van der Waals surface area contributed by atoms with E-state index >= 15 is 0 Å². The van der Waals surface area contributed by atoms with Crippen LogP contribution in [-0.2, 0) is 4.74 Å². The van der Waals surface area contributed by atoms with E-state index < -0.39 is 0 Å². The van der Waals surface area contributed by atoms with Crippen molar-refractivity contribution in [1.82, 2.24) is 0 Å². The lowest BCUT2D eigenvalue weighted by atomic mass is 9.95. The van der Waals surface area contributed by atoms with Crippen LogP contribution in [-0.4, -0.2) is 12.7 Å². The Morgan fingerprint density at radius 2 is 2.11 bits per heavy atom. The SMILES string of the molecule is CC(C)[C@@H]1OCC[C@@H]1C. The zero-order chi connectivity index (χ0) is 6.85. The minimum atomic E-state index is 0.532. The van der Waals surface area contributed by atoms with Crippen LogP contribution in [0.4, 0.5) is 0 Å². The highest BCUT2D eigenvalue weighted by molar-refractivity contribution is 4.74. The van der Waals surface area contributed by atoms with Crippen molar-refractivity contribution in [3.05, 3.63) is 0 Å². The Hall–Kier alpha value is -0.0400. The first-order valence-electron chi connectivity index (χ1n) is 3.83. The van der Waals surface area contributed by atoms with E-state index in [9.17, 15) is 0 Å². The first kappa shape index (κ1) is 7.07. The minimum Gasteiger partial charge on any atom is -0.378 e. The minimum absolute atomic E-state index is 0.532. The van der Waals surface area contributed by atoms with E-state index in [0.717, 1.165) is 12.5 Å². The molecular formula is C8H16O. The van der Waals surface area contributed by atoms with E-state index in [1.54, 1.807) is 0 Å². The molecule has 0 radical (unpaired) electrons. The fourth-order valence-electron chi connectivity index (χ4n) is 1.57. The van der Waals surface area contributed by atoms with Crippen molar-refractivity contribution in [2.24, 2.45) is 11.8 Å². The standard InChI is InChI=1S/C8H16O/c1-6(2)8-7(3)4-5-9-8/h6-8H,4-5H2,1-3H3/t7-,8-/m0/s1. The van der Waals surface area contributed by atoms with Gasteiger partial charge in [0.05, 0.1) is 6.10 Å². The Morgan fingerprint density at radius 3 is 2.33 bits per heavy atom. The van der Waals surface area contributed by atoms with Gasteiger partial charge in [0.1, 0.15) is 0 Å². The molecule has 1 rings (SSSR count). The summed E-state index contributed by atoms with van der Waals surface area (Å²) in [6.45, 7) is 7.71. The van der Waals surface area contributed by atoms with E-state index in [-0.39, 0.29) is 0 Å². The summed E-state index contributed by atoms with van der Waals surface area (Å²) in [4.78, 5) is 0. The van der Waals surface area contributed by atoms with Crippen LogP contribution in [0.25, 0.3) is 0 Å². The third-order valence-corrected chi connectivity index (χ3v) is 2.10. The Labute approximate surface area is 57.4 Å². The summed E-state index contributed by atoms with van der Waals surface area (Å²) >= 11 is 0. The summed E-state index contributed by atoms with van der Waals surface area (Å²) in [6.07, 6.45) is 1.79. The van der Waals surface area contributed by atoms with Crippen LogP contribution in [0, 0.1) is 11.8 Å². The van der Waals surface area contributed by atoms with Crippen LogP contribution in [0.1, 0.15) is 27.2 Å². The highest BCUT2D eigenvalue weighted by Gasteiger charge is 2.26. The number of hydrogen-bond donors (Lipinski definition) is 0. The van der Waals surface area contributed by atoms with Crippen LogP contribution in [0.2, 0.25) is 0 Å². The van der Waals surface area contributed by atoms with Gasteiger partial charge in [0, 0.05) is 6.61 Å². The summed E-state index contributed by atoms with van der Waals surface area (Å²) in [5, 5.41) is 0. The maximum Gasteiger partial charge on any atom is 0.0624 e. The summed E-state index contributed by atoms with van der Waals surface area (Å²) < 4.78 is 5.53. The molecule has 0 bridgehead atoms. The molecule has 1 heteroatoms. The van der Waals surface area contributed by atoms with Gasteiger partial charge in [-0.2, -0.15) is 0 Å². The molecule has 2 atom stereocenters. The van der Waals surface area contributed by atoms with Gasteiger partial charge in [-0.3, -0.25) is 0 Å². The Balaban J connectivity index is 2.40. The molecule has 1 heterocycles. The lowest BCUT2D eigenvalue weighted by Crippen LogP contribution is -2.19. The highest BCUT2D eigenvalue weighted by atomic mass is 16.5. The molecule has 0 aromatic carbocycles. The molecule has 1 nitrogen and oxygen atoms in total. The zero-order valence-corrected chi connectivity index (χ0v) is 6.55. The van der Waals surface area contributed by atoms with Gasteiger partial charge in [-0.1, -0.05) is 20.8 Å². The first-order valence-corrected chi connectivity index (χ1v) is 3.83. The normalized spacial score (nSPS) is 36.0. The molecule has 1 aliphatic rings. The van der Waals surface area contributed by atoms with E-state index in [1.807, 2.05) is 0 Å². The van der Waals surface area contributed by atoms with Gasteiger partial charge in [-0.25, -0.2) is 0 Å². The lowest BCUT2D eigenvalue weighted by molar-refractivity contribution is 0.0577. The Kier molecular flexibility index (Phi) is 2.12. The van der Waals surface area contributed by atoms with E-state index in [4.69, 9.17) is 4.74 Å². The topological polar surface area (TPSA) is 9.23 Å². The Morgan fingerprint density at radius 1 is 1.44 bits per heavy atom. The van der Waals surface area contributed by atoms with Crippen molar-refractivity contribution in [2.45, 2.75) is 33.3 Å². The molecule has 0 unspecified atom stereocenters. The summed E-state index contributed by atoms with van der Waals surface area (Å²) in [5.41, 5.74) is 0. The van der Waals surface area contributed by atoms with Crippen LogP contribution in [0.3, 0.4) is 0 Å². The monoisotopic (exact) mass is 128 g/mol. The van der Waals surface area contributed by atoms with Gasteiger partial charge < -0.3 is 4.74 Å². The fraction of sp³-hybridized carbons (Fsp3) is 1.00. The molecule has 1 fully saturated rings. The Bertz CT molecular complexity index is 88.6. The zero-order valence-electron chi connectivity index (χ0n) is 6.55. The smallest absolute Gasteiger partial charge is 0.0624 e. The molecule has 1 saturated heterocycles. The van der Waals surface area contributed by atoms with E-state index in [0.29, 0.717) is 12.0 Å². The molecule has 1 aliphatic heterocycles. The van der Waals surface area contributed by atoms with Crippen molar-refractivity contribution >= 4 is 0 Å². The quantitative estimate of drug-likeness (QED) is 0.525. The van der Waals surface area contributed by atoms with E-state index in [2.05, 4.69) is 20.8 Å². The van der Waals surface area contributed by atoms with Gasteiger partial charge in [-0.15, -0.1) is 0 Å². The predicted molar refractivity (Wildman–Crippen MR) is 38.4 cm³/mol. The average molecular weight is 128 g/mol. The predicted octanol–water partition coefficient (Wildman–Crippen LogP) is 2.07. The molecule has 0 N–H and O–H groups in total. The van der Waals surface area contributed by atoms with Crippen LogP contribution in [0.15, 0.2) is 0 Å². The second-order valence-corrected chi connectivity index (χ2v) is 3.35. The van der Waals surface area contributed by atoms with Crippen molar-refractivity contribution in [2.75, 3.05) is 6.61 Å². The van der Waals surface area contributed by atoms with Crippen molar-refractivity contribution in [1.29, 1.82) is 0 Å². The second kappa shape index (κ2) is 2.70. The van der Waals surface area contributed by atoms with Gasteiger partial charge in [0.15, 0.2) is 0 Å². The van der Waals surface area contributed by atoms with Gasteiger partial charge in [0.2, 0.25) is 0 Å². The fourth-order valence-corrected chi connectivity index (χ4v) is 1.57. The maximum atomic E-state index is 5.53. The number of hydrogen-bond acceptors (Lipinski definition) is 1. The number of rotatable bonds is 1. The molecule has 0 saturated carbocycles. The maximum absolute atomic E-state index is 5.53. The molecule has 0 aliphatic carbocycles. The van der Waals surface area contributed by atoms with E-state index in [1.165, 1.54) is 6.42 Å². The second-order valence-electron chi connectivity index (χ2n) is 3.35. The molecule has 0 aromatic heterocycles. The van der Waals surface area contributed by atoms with Gasteiger partial charge >= 0.3 is 0 Å². The lowest BCUT2D eigenvalue weighted by Gasteiger charge is -2.17. The summed E-state index contributed by atoms with van der Waals surface area (Å²) in [6, 6.07) is 0. The summed E-state index contributed by atoms with van der Waals surface area (Å²) in [5.74, 6) is 1.48. The third kappa shape index (κ3) is 1.45. The third-order valence-electron chi connectivity index (χ3n) is 2.10. The molecule has 9 heavy (non-hydrogen) atoms. The first-order chi connectivity index (χ1) is 4.22. The molecule has 0 spiro atoms. The molecule has 0 aromatic rings. The highest BCUT2D eigenvalue weighted by Crippen LogP contribution is 2.25. The largest absolute Gasteiger partial charge is 0.378 e. The number of ether oxygens (including phenoxy) is 1. The van der Waals surface area contributed by atoms with Gasteiger partial charge in [0.25, 0.3) is 0 Å². The van der Waals surface area contributed by atoms with Crippen LogP contribution in [0.5, 0.6) is 0 Å². The van der Waals surface area contributed by atoms with Crippen molar-refractivity contribution in [3.8, 4) is 0 Å². The molecule has 0 amide bonds. The van der Waals surface area contributed by atoms with Crippen LogP contribution < -0.4 is 0 Å². The van der Waals surface area contributed by atoms with Gasteiger partial charge in [-0.05, 0) is 18.3 Å². The average Bonchev–Trinajstić information content (AvgIpc) is 2.13. The van der Waals surface area contributed by atoms with Crippen molar-refractivity contribution < 1.29 is 4.74 Å². The molecular weight excluding hydrogens is 112 g/mol.